The van der Waals surface area contributed by atoms with Crippen LogP contribution < -0.4 is 20.1 Å². The highest BCUT2D eigenvalue weighted by Crippen LogP contribution is 2.26. The maximum absolute atomic E-state index is 12.9. The van der Waals surface area contributed by atoms with Gasteiger partial charge in [-0.15, -0.1) is 0 Å². The Morgan fingerprint density at radius 3 is 2.39 bits per heavy atom. The Morgan fingerprint density at radius 1 is 1.07 bits per heavy atom. The first-order valence-corrected chi connectivity index (χ1v) is 8.86. The summed E-state index contributed by atoms with van der Waals surface area (Å²) in [6, 6.07) is 12.2. The number of rotatable bonds is 7. The fourth-order valence-corrected chi connectivity index (χ4v) is 3.08. The fraction of sp³-hybridized carbons (Fsp3) is 0.238. The lowest BCUT2D eigenvalue weighted by molar-refractivity contribution is -0.125. The molecule has 0 spiro atoms. The second kappa shape index (κ2) is 8.47. The Balaban J connectivity index is 1.83. The zero-order valence-electron chi connectivity index (χ0n) is 16.0. The summed E-state index contributed by atoms with van der Waals surface area (Å²) in [4.78, 5) is 27.7. The largest absolute Gasteiger partial charge is 0.497 e. The highest BCUT2D eigenvalue weighted by atomic mass is 16.5. The monoisotopic (exact) mass is 381 g/mol. The predicted molar refractivity (Wildman–Crippen MR) is 108 cm³/mol. The molecule has 3 aromatic rings. The number of para-hydroxylation sites is 1. The second-order valence-corrected chi connectivity index (χ2v) is 6.41. The summed E-state index contributed by atoms with van der Waals surface area (Å²) in [7, 11) is 3.08. The number of hydrogen-bond acceptors (Lipinski definition) is 4. The summed E-state index contributed by atoms with van der Waals surface area (Å²) in [5.41, 5.74) is 2.46. The maximum Gasteiger partial charge on any atom is 0.247 e. The molecule has 1 heterocycles. The van der Waals surface area contributed by atoms with E-state index in [-0.39, 0.29) is 11.8 Å². The first-order valence-electron chi connectivity index (χ1n) is 8.86. The highest BCUT2D eigenvalue weighted by Gasteiger charge is 2.22. The van der Waals surface area contributed by atoms with Gasteiger partial charge in [-0.05, 0) is 11.6 Å². The van der Waals surface area contributed by atoms with Crippen molar-refractivity contribution in [2.24, 2.45) is 0 Å². The average Bonchev–Trinajstić information content (AvgIpc) is 3.09. The molecule has 0 fully saturated rings. The number of ether oxygens (including phenoxy) is 2. The third-order valence-electron chi connectivity index (χ3n) is 4.41. The van der Waals surface area contributed by atoms with Crippen LogP contribution in [0, 0.1) is 0 Å². The fourth-order valence-electron chi connectivity index (χ4n) is 3.08. The van der Waals surface area contributed by atoms with E-state index in [4.69, 9.17) is 9.47 Å². The van der Waals surface area contributed by atoms with Gasteiger partial charge < -0.3 is 25.1 Å². The standard InChI is InChI=1S/C21H23N3O4/c1-13(25)23-20(8-14-12-22-19-7-5-4-6-18(14)19)21(26)24-15-9-16(27-2)11-17(10-15)28-3/h4-7,9-12,20,22H,8H2,1-3H3,(H,23,25)(H,24,26). The molecule has 0 aliphatic rings. The van der Waals surface area contributed by atoms with E-state index < -0.39 is 6.04 Å². The summed E-state index contributed by atoms with van der Waals surface area (Å²) in [6.07, 6.45) is 2.22. The number of nitrogens with one attached hydrogen (secondary N) is 3. The van der Waals surface area contributed by atoms with Gasteiger partial charge in [0.2, 0.25) is 11.8 Å². The molecular formula is C21H23N3O4. The molecule has 1 unspecified atom stereocenters. The number of aromatic nitrogens is 1. The molecule has 28 heavy (non-hydrogen) atoms. The first-order chi connectivity index (χ1) is 13.5. The SMILES string of the molecule is COc1cc(NC(=O)C(Cc2c[nH]c3ccccc23)NC(C)=O)cc(OC)c1. The van der Waals surface area contributed by atoms with E-state index in [0.29, 0.717) is 23.6 Å². The van der Waals surface area contributed by atoms with Gasteiger partial charge in [0.15, 0.2) is 0 Å². The van der Waals surface area contributed by atoms with Gasteiger partial charge in [0.1, 0.15) is 17.5 Å². The molecule has 1 atom stereocenters. The summed E-state index contributed by atoms with van der Waals surface area (Å²) in [6.45, 7) is 1.39. The number of hydrogen-bond donors (Lipinski definition) is 3. The molecule has 146 valence electrons. The molecule has 7 nitrogen and oxygen atoms in total. The Morgan fingerprint density at radius 2 is 1.75 bits per heavy atom. The van der Waals surface area contributed by atoms with E-state index >= 15 is 0 Å². The number of carbonyl (C=O) groups excluding carboxylic acids is 2. The van der Waals surface area contributed by atoms with Crippen LogP contribution in [0.3, 0.4) is 0 Å². The van der Waals surface area contributed by atoms with E-state index in [1.54, 1.807) is 18.2 Å². The number of benzene rings is 2. The third-order valence-corrected chi connectivity index (χ3v) is 4.41. The van der Waals surface area contributed by atoms with Gasteiger partial charge in [-0.2, -0.15) is 0 Å². The minimum atomic E-state index is -0.728. The van der Waals surface area contributed by atoms with E-state index in [1.165, 1.54) is 21.1 Å². The van der Waals surface area contributed by atoms with Crippen molar-refractivity contribution in [1.29, 1.82) is 0 Å². The molecule has 0 radical (unpaired) electrons. The van der Waals surface area contributed by atoms with Crippen molar-refractivity contribution in [3.8, 4) is 11.5 Å². The normalized spacial score (nSPS) is 11.7. The zero-order valence-corrected chi connectivity index (χ0v) is 16.0. The minimum Gasteiger partial charge on any atom is -0.497 e. The average molecular weight is 381 g/mol. The van der Waals surface area contributed by atoms with Crippen LogP contribution in [0.1, 0.15) is 12.5 Å². The molecule has 0 aliphatic heterocycles. The number of aromatic amines is 1. The van der Waals surface area contributed by atoms with Crippen molar-refractivity contribution >= 4 is 28.4 Å². The summed E-state index contributed by atoms with van der Waals surface area (Å²) in [5, 5.41) is 6.59. The molecule has 0 saturated carbocycles. The smallest absolute Gasteiger partial charge is 0.247 e. The zero-order chi connectivity index (χ0) is 20.1. The molecule has 2 amide bonds. The molecular weight excluding hydrogens is 358 g/mol. The van der Waals surface area contributed by atoms with Crippen molar-refractivity contribution in [1.82, 2.24) is 10.3 Å². The number of H-pyrrole nitrogens is 1. The van der Waals surface area contributed by atoms with E-state index in [1.807, 2.05) is 30.5 Å². The molecule has 1 aromatic heterocycles. The number of amides is 2. The van der Waals surface area contributed by atoms with E-state index in [0.717, 1.165) is 16.5 Å². The molecule has 2 aromatic carbocycles. The molecule has 0 bridgehead atoms. The van der Waals surface area contributed by atoms with Crippen molar-refractivity contribution in [3.05, 3.63) is 54.2 Å². The van der Waals surface area contributed by atoms with E-state index in [9.17, 15) is 9.59 Å². The van der Waals surface area contributed by atoms with Crippen LogP contribution in [0.15, 0.2) is 48.7 Å². The van der Waals surface area contributed by atoms with Crippen LogP contribution in [-0.4, -0.2) is 37.1 Å². The number of fused-ring (bicyclic) bond motifs is 1. The minimum absolute atomic E-state index is 0.275. The summed E-state index contributed by atoms with van der Waals surface area (Å²) >= 11 is 0. The van der Waals surface area contributed by atoms with Crippen LogP contribution in [-0.2, 0) is 16.0 Å². The van der Waals surface area contributed by atoms with Crippen molar-refractivity contribution in [2.45, 2.75) is 19.4 Å². The number of carbonyl (C=O) groups is 2. The topological polar surface area (TPSA) is 92.5 Å². The van der Waals surface area contributed by atoms with Gasteiger partial charge in [0, 0.05) is 54.3 Å². The Labute approximate surface area is 163 Å². The molecule has 3 rings (SSSR count). The lowest BCUT2D eigenvalue weighted by Crippen LogP contribution is -2.44. The van der Waals surface area contributed by atoms with Gasteiger partial charge in [0.25, 0.3) is 0 Å². The third kappa shape index (κ3) is 4.43. The van der Waals surface area contributed by atoms with Gasteiger partial charge in [-0.1, -0.05) is 18.2 Å². The summed E-state index contributed by atoms with van der Waals surface area (Å²) < 4.78 is 10.5. The Kier molecular flexibility index (Phi) is 5.84. The van der Waals surface area contributed by atoms with Crippen LogP contribution in [0.25, 0.3) is 10.9 Å². The van der Waals surface area contributed by atoms with E-state index in [2.05, 4.69) is 15.6 Å². The highest BCUT2D eigenvalue weighted by molar-refractivity contribution is 5.98. The lowest BCUT2D eigenvalue weighted by Gasteiger charge is -2.18. The van der Waals surface area contributed by atoms with Crippen molar-refractivity contribution in [3.63, 3.8) is 0 Å². The van der Waals surface area contributed by atoms with Crippen LogP contribution in [0.5, 0.6) is 11.5 Å². The van der Waals surface area contributed by atoms with Crippen LogP contribution in [0.2, 0.25) is 0 Å². The molecule has 7 heteroatoms. The molecule has 0 saturated heterocycles. The Hall–Kier alpha value is -3.48. The lowest BCUT2D eigenvalue weighted by atomic mass is 10.0. The maximum atomic E-state index is 12.9. The van der Waals surface area contributed by atoms with Crippen LogP contribution >= 0.6 is 0 Å². The van der Waals surface area contributed by atoms with Gasteiger partial charge >= 0.3 is 0 Å². The molecule has 3 N–H and O–H groups in total. The Bertz CT molecular complexity index is 974. The molecule has 0 aliphatic carbocycles. The first kappa shape index (κ1) is 19.3. The predicted octanol–water partition coefficient (Wildman–Crippen LogP) is 2.87. The quantitative estimate of drug-likeness (QED) is 0.587. The number of methoxy groups -OCH3 is 2. The van der Waals surface area contributed by atoms with Crippen molar-refractivity contribution in [2.75, 3.05) is 19.5 Å². The van der Waals surface area contributed by atoms with Crippen LogP contribution in [0.4, 0.5) is 5.69 Å². The van der Waals surface area contributed by atoms with Gasteiger partial charge in [-0.3, -0.25) is 9.59 Å². The summed E-state index contributed by atoms with van der Waals surface area (Å²) in [5.74, 6) is 0.517. The van der Waals surface area contributed by atoms with Crippen molar-refractivity contribution < 1.29 is 19.1 Å². The van der Waals surface area contributed by atoms with Gasteiger partial charge in [-0.25, -0.2) is 0 Å². The number of anilines is 1. The van der Waals surface area contributed by atoms with Gasteiger partial charge in [0.05, 0.1) is 14.2 Å². The second-order valence-electron chi connectivity index (χ2n) is 6.41.